The third kappa shape index (κ3) is 15.7. The lowest BCUT2D eigenvalue weighted by Crippen LogP contribution is -2.05. The first-order valence-corrected chi connectivity index (χ1v) is 8.20. The molecule has 0 N–H and O–H groups in total. The molecule has 0 unspecified atom stereocenters. The monoisotopic (exact) mass is 290 g/mol. The summed E-state index contributed by atoms with van der Waals surface area (Å²) in [7, 11) is 1.76. The fraction of sp³-hybridized carbons (Fsp3) is 0.933. The second-order valence-corrected chi connectivity index (χ2v) is 5.32. The van der Waals surface area contributed by atoms with E-state index in [1.165, 1.54) is 38.5 Å². The maximum Gasteiger partial charge on any atom is 0.305 e. The van der Waals surface area contributed by atoms with E-state index >= 15 is 0 Å². The van der Waals surface area contributed by atoms with Crippen LogP contribution in [-0.4, -0.2) is 32.0 Å². The molecule has 0 rings (SSSR count). The van der Waals surface area contributed by atoms with Crippen molar-refractivity contribution in [3.8, 4) is 0 Å². The summed E-state index contributed by atoms with van der Waals surface area (Å²) >= 11 is 4.06. The molecule has 0 aromatic heterocycles. The summed E-state index contributed by atoms with van der Waals surface area (Å²) in [5.74, 6) is 0.673. The van der Waals surface area contributed by atoms with Crippen LogP contribution in [0.2, 0.25) is 0 Å². The Hall–Kier alpha value is -0.220. The first kappa shape index (κ1) is 18.8. The Bertz CT molecular complexity index is 198. The van der Waals surface area contributed by atoms with Gasteiger partial charge in [0.25, 0.3) is 0 Å². The van der Waals surface area contributed by atoms with E-state index < -0.39 is 0 Å². The van der Waals surface area contributed by atoms with Gasteiger partial charge in [0.2, 0.25) is 0 Å². The van der Waals surface area contributed by atoms with Crippen LogP contribution in [0.1, 0.15) is 64.2 Å². The van der Waals surface area contributed by atoms with Crippen molar-refractivity contribution in [1.29, 1.82) is 0 Å². The summed E-state index contributed by atoms with van der Waals surface area (Å²) in [4.78, 5) is 11.2. The minimum atomic E-state index is -0.0767. The molecule has 0 spiro atoms. The highest BCUT2D eigenvalue weighted by molar-refractivity contribution is 7.80. The third-order valence-corrected chi connectivity index (χ3v) is 3.36. The zero-order chi connectivity index (χ0) is 14.2. The largest absolute Gasteiger partial charge is 0.466 e. The Balaban J connectivity index is 3.04. The number of hydrogen-bond acceptors (Lipinski definition) is 4. The molecule has 0 heterocycles. The molecular weight excluding hydrogens is 260 g/mol. The van der Waals surface area contributed by atoms with E-state index in [9.17, 15) is 4.79 Å². The van der Waals surface area contributed by atoms with E-state index in [1.54, 1.807) is 7.11 Å². The molecule has 0 aliphatic rings. The van der Waals surface area contributed by atoms with Crippen LogP contribution in [0.25, 0.3) is 0 Å². The van der Waals surface area contributed by atoms with E-state index in [4.69, 9.17) is 9.47 Å². The Morgan fingerprint density at radius 3 is 1.89 bits per heavy atom. The average Bonchev–Trinajstić information content (AvgIpc) is 2.42. The minimum absolute atomic E-state index is 0.0767. The highest BCUT2D eigenvalue weighted by atomic mass is 32.1. The molecule has 0 saturated heterocycles. The molecule has 0 radical (unpaired) electrons. The van der Waals surface area contributed by atoms with Gasteiger partial charge in [0.1, 0.15) is 0 Å². The number of carbonyl (C=O) groups excluding carboxylic acids is 1. The van der Waals surface area contributed by atoms with Crippen LogP contribution >= 0.6 is 12.6 Å². The zero-order valence-corrected chi connectivity index (χ0v) is 13.3. The van der Waals surface area contributed by atoms with E-state index in [1.807, 2.05) is 0 Å². The molecule has 3 nitrogen and oxygen atoms in total. The Morgan fingerprint density at radius 1 is 0.842 bits per heavy atom. The van der Waals surface area contributed by atoms with Crippen molar-refractivity contribution in [3.63, 3.8) is 0 Å². The lowest BCUT2D eigenvalue weighted by Gasteiger charge is -2.04. The molecule has 0 aromatic rings. The maximum atomic E-state index is 11.2. The van der Waals surface area contributed by atoms with Crippen LogP contribution in [-0.2, 0) is 14.3 Å². The average molecular weight is 290 g/mol. The summed E-state index contributed by atoms with van der Waals surface area (Å²) in [6, 6.07) is 0. The molecule has 114 valence electrons. The van der Waals surface area contributed by atoms with Crippen molar-refractivity contribution in [2.45, 2.75) is 64.2 Å². The van der Waals surface area contributed by atoms with Gasteiger partial charge in [0.15, 0.2) is 0 Å². The van der Waals surface area contributed by atoms with Gasteiger partial charge in [-0.2, -0.15) is 12.6 Å². The predicted molar refractivity (Wildman–Crippen MR) is 82.9 cm³/mol. The maximum absolute atomic E-state index is 11.2. The Labute approximate surface area is 123 Å². The number of ether oxygens (including phenoxy) is 2. The first-order chi connectivity index (χ1) is 9.31. The van der Waals surface area contributed by atoms with Crippen molar-refractivity contribution in [2.24, 2.45) is 0 Å². The van der Waals surface area contributed by atoms with Gasteiger partial charge in [0.05, 0.1) is 6.61 Å². The molecule has 0 bridgehead atoms. The van der Waals surface area contributed by atoms with Crippen molar-refractivity contribution in [1.82, 2.24) is 0 Å². The van der Waals surface area contributed by atoms with Gasteiger partial charge in [0, 0.05) is 20.1 Å². The Kier molecular flexibility index (Phi) is 15.7. The third-order valence-electron chi connectivity index (χ3n) is 3.04. The van der Waals surface area contributed by atoms with Gasteiger partial charge in [-0.05, 0) is 25.0 Å². The van der Waals surface area contributed by atoms with Crippen LogP contribution in [0, 0.1) is 0 Å². The SMILES string of the molecule is COCCCCCCCCCCOC(=O)CCCS. The summed E-state index contributed by atoms with van der Waals surface area (Å²) < 4.78 is 10.1. The van der Waals surface area contributed by atoms with Crippen LogP contribution in [0.4, 0.5) is 0 Å². The number of esters is 1. The first-order valence-electron chi connectivity index (χ1n) is 7.56. The van der Waals surface area contributed by atoms with Gasteiger partial charge in [-0.1, -0.05) is 38.5 Å². The molecule has 0 aromatic carbocycles. The second-order valence-electron chi connectivity index (χ2n) is 4.87. The molecule has 0 aliphatic heterocycles. The van der Waals surface area contributed by atoms with E-state index in [0.717, 1.165) is 31.6 Å². The second kappa shape index (κ2) is 15.8. The lowest BCUT2D eigenvalue weighted by molar-refractivity contribution is -0.143. The molecule has 19 heavy (non-hydrogen) atoms. The fourth-order valence-electron chi connectivity index (χ4n) is 1.89. The van der Waals surface area contributed by atoms with Crippen molar-refractivity contribution in [3.05, 3.63) is 0 Å². The van der Waals surface area contributed by atoms with E-state index in [2.05, 4.69) is 12.6 Å². The van der Waals surface area contributed by atoms with Gasteiger partial charge in [-0.25, -0.2) is 0 Å². The minimum Gasteiger partial charge on any atom is -0.466 e. The van der Waals surface area contributed by atoms with Gasteiger partial charge < -0.3 is 9.47 Å². The molecular formula is C15H30O3S. The number of hydrogen-bond donors (Lipinski definition) is 1. The van der Waals surface area contributed by atoms with Crippen molar-refractivity contribution < 1.29 is 14.3 Å². The molecule has 0 aliphatic carbocycles. The quantitative estimate of drug-likeness (QED) is 0.298. The smallest absolute Gasteiger partial charge is 0.305 e. The number of methoxy groups -OCH3 is 1. The highest BCUT2D eigenvalue weighted by Gasteiger charge is 2.00. The summed E-state index contributed by atoms with van der Waals surface area (Å²) in [6.45, 7) is 1.47. The number of carbonyl (C=O) groups is 1. The zero-order valence-electron chi connectivity index (χ0n) is 12.4. The van der Waals surface area contributed by atoms with Crippen LogP contribution in [0.5, 0.6) is 0 Å². The summed E-state index contributed by atoms with van der Waals surface area (Å²) in [5.41, 5.74) is 0. The molecule has 0 fully saturated rings. The Morgan fingerprint density at radius 2 is 1.37 bits per heavy atom. The highest BCUT2D eigenvalue weighted by Crippen LogP contribution is 2.08. The van der Waals surface area contributed by atoms with Crippen LogP contribution < -0.4 is 0 Å². The van der Waals surface area contributed by atoms with Gasteiger partial charge >= 0.3 is 5.97 Å². The van der Waals surface area contributed by atoms with Crippen molar-refractivity contribution >= 4 is 18.6 Å². The molecule has 4 heteroatoms. The number of rotatable bonds is 14. The summed E-state index contributed by atoms with van der Waals surface area (Å²) in [6.07, 6.45) is 11.1. The predicted octanol–water partition coefficient (Wildman–Crippen LogP) is 4.01. The number of thiol groups is 1. The molecule has 0 saturated carbocycles. The topological polar surface area (TPSA) is 35.5 Å². The van der Waals surface area contributed by atoms with Gasteiger partial charge in [-0.15, -0.1) is 0 Å². The van der Waals surface area contributed by atoms with E-state index in [0.29, 0.717) is 13.0 Å². The fourth-order valence-corrected chi connectivity index (χ4v) is 2.05. The van der Waals surface area contributed by atoms with Crippen LogP contribution in [0.3, 0.4) is 0 Å². The molecule has 0 atom stereocenters. The van der Waals surface area contributed by atoms with Gasteiger partial charge in [-0.3, -0.25) is 4.79 Å². The standard InChI is InChI=1S/C15H30O3S/c1-17-12-8-6-4-2-3-5-7-9-13-18-15(16)11-10-14-19/h19H,2-14H2,1H3. The van der Waals surface area contributed by atoms with Crippen molar-refractivity contribution in [2.75, 3.05) is 26.1 Å². The molecule has 0 amide bonds. The number of unbranched alkanes of at least 4 members (excludes halogenated alkanes) is 7. The normalized spacial score (nSPS) is 10.6. The van der Waals surface area contributed by atoms with E-state index in [-0.39, 0.29) is 5.97 Å². The lowest BCUT2D eigenvalue weighted by atomic mass is 10.1. The summed E-state index contributed by atoms with van der Waals surface area (Å²) in [5, 5.41) is 0. The van der Waals surface area contributed by atoms with Crippen LogP contribution in [0.15, 0.2) is 0 Å².